The first-order valence-electron chi connectivity index (χ1n) is 15.3. The highest BCUT2D eigenvalue weighted by Crippen LogP contribution is 2.43. The van der Waals surface area contributed by atoms with Gasteiger partial charge in [0.1, 0.15) is 22.4 Å². The molecule has 2 N–H and O–H groups in total. The molecule has 0 unspecified atom stereocenters. The van der Waals surface area contributed by atoms with E-state index in [2.05, 4.69) is 41.0 Å². The lowest BCUT2D eigenvalue weighted by atomic mass is 9.82. The number of carbonyl (C=O) groups is 2. The van der Waals surface area contributed by atoms with Crippen molar-refractivity contribution in [1.29, 1.82) is 0 Å². The van der Waals surface area contributed by atoms with E-state index < -0.39 is 12.3 Å². The van der Waals surface area contributed by atoms with Crippen LogP contribution in [0.25, 0.3) is 0 Å². The number of rotatable bonds is 10. The van der Waals surface area contributed by atoms with Crippen LogP contribution in [0.1, 0.15) is 58.9 Å². The SMILES string of the molecule is O=C(Cc1cc(N2CC(F)C2)ccn1)Nc1nnc([C@H]2CCC[C@H](c3nnc(NC(=O)Cc4cc(N5CC(F)C5)ccn4)s3)C2)s1. The van der Waals surface area contributed by atoms with Crippen molar-refractivity contribution in [1.82, 2.24) is 30.4 Å². The lowest BCUT2D eigenvalue weighted by Gasteiger charge is -2.36. The third-order valence-electron chi connectivity index (χ3n) is 8.43. The Labute approximate surface area is 271 Å². The number of alkyl halides is 2. The summed E-state index contributed by atoms with van der Waals surface area (Å²) in [6, 6.07) is 7.27. The first kappa shape index (κ1) is 30.5. The number of hydrogen-bond donors (Lipinski definition) is 2. The second-order valence-corrected chi connectivity index (χ2v) is 13.9. The van der Waals surface area contributed by atoms with Gasteiger partial charge in [-0.15, -0.1) is 20.4 Å². The Bertz CT molecular complexity index is 1590. The molecule has 12 nitrogen and oxygen atoms in total. The van der Waals surface area contributed by atoms with E-state index in [0.29, 0.717) is 47.8 Å². The fourth-order valence-electron chi connectivity index (χ4n) is 5.98. The van der Waals surface area contributed by atoms with Crippen molar-refractivity contribution >= 4 is 56.1 Å². The lowest BCUT2D eigenvalue weighted by Crippen LogP contribution is -2.48. The standard InChI is InChI=1S/C30H32F2N10O2S2/c31-19-13-41(14-19)23-4-6-33-21(9-23)11-25(43)35-29-39-37-27(45-29)17-2-1-3-18(8-17)28-38-40-30(46-28)36-26(44)12-22-10-24(5-7-34-22)42-15-20(32)16-42/h4-7,9-10,17-20H,1-3,8,11-16H2,(H,35,39,43)(H,36,40,44)/t17-,18-/m0/s1. The third kappa shape index (κ3) is 7.12. The molecule has 4 aromatic rings. The van der Waals surface area contributed by atoms with Gasteiger partial charge in [-0.2, -0.15) is 0 Å². The van der Waals surface area contributed by atoms with Crippen molar-refractivity contribution in [2.45, 2.75) is 62.7 Å². The Hall–Kier alpha value is -4.18. The van der Waals surface area contributed by atoms with Gasteiger partial charge in [-0.05, 0) is 43.5 Å². The molecule has 46 heavy (non-hydrogen) atoms. The Balaban J connectivity index is 0.904. The molecule has 0 spiro atoms. The van der Waals surface area contributed by atoms with E-state index in [1.807, 2.05) is 34.1 Å². The molecule has 16 heteroatoms. The van der Waals surface area contributed by atoms with E-state index >= 15 is 0 Å². The molecule has 240 valence electrons. The molecule has 1 aliphatic carbocycles. The number of anilines is 4. The topological polar surface area (TPSA) is 142 Å². The van der Waals surface area contributed by atoms with Crippen LogP contribution >= 0.6 is 22.7 Å². The summed E-state index contributed by atoms with van der Waals surface area (Å²) in [5.41, 5.74) is 2.94. The number of carbonyl (C=O) groups excluding carboxylic acids is 2. The van der Waals surface area contributed by atoms with E-state index in [4.69, 9.17) is 0 Å². The van der Waals surface area contributed by atoms with E-state index in [9.17, 15) is 18.4 Å². The molecule has 6 heterocycles. The molecule has 3 aliphatic rings. The van der Waals surface area contributed by atoms with Crippen LogP contribution in [0.3, 0.4) is 0 Å². The first-order chi connectivity index (χ1) is 22.3. The minimum absolute atomic E-state index is 0.0828. The van der Waals surface area contributed by atoms with Gasteiger partial charge in [-0.1, -0.05) is 29.1 Å². The van der Waals surface area contributed by atoms with Crippen LogP contribution in [-0.4, -0.2) is 80.7 Å². The van der Waals surface area contributed by atoms with Crippen molar-refractivity contribution < 1.29 is 18.4 Å². The lowest BCUT2D eigenvalue weighted by molar-refractivity contribution is -0.116. The molecule has 0 radical (unpaired) electrons. The van der Waals surface area contributed by atoms with Gasteiger partial charge >= 0.3 is 0 Å². The summed E-state index contributed by atoms with van der Waals surface area (Å²) in [7, 11) is 0. The fourth-order valence-corrected chi connectivity index (χ4v) is 7.80. The molecule has 0 aromatic carbocycles. The second kappa shape index (κ2) is 13.3. The second-order valence-electron chi connectivity index (χ2n) is 11.9. The number of nitrogens with zero attached hydrogens (tertiary/aromatic N) is 8. The zero-order chi connectivity index (χ0) is 31.6. The molecule has 7 rings (SSSR count). The summed E-state index contributed by atoms with van der Waals surface area (Å²) in [6.07, 6.45) is 5.56. The van der Waals surface area contributed by atoms with Crippen molar-refractivity contribution in [2.24, 2.45) is 0 Å². The highest BCUT2D eigenvalue weighted by Gasteiger charge is 2.30. The zero-order valence-corrected chi connectivity index (χ0v) is 26.4. The van der Waals surface area contributed by atoms with E-state index in [1.54, 1.807) is 12.4 Å². The number of aromatic nitrogens is 6. The zero-order valence-electron chi connectivity index (χ0n) is 24.8. The minimum atomic E-state index is -0.808. The molecule has 2 amide bonds. The van der Waals surface area contributed by atoms with Crippen molar-refractivity contribution in [3.63, 3.8) is 0 Å². The highest BCUT2D eigenvalue weighted by atomic mass is 32.1. The molecule has 4 aromatic heterocycles. The van der Waals surface area contributed by atoms with Gasteiger partial charge in [-0.3, -0.25) is 19.6 Å². The van der Waals surface area contributed by atoms with Gasteiger partial charge in [0.2, 0.25) is 22.1 Å². The van der Waals surface area contributed by atoms with E-state index in [0.717, 1.165) is 47.1 Å². The predicted molar refractivity (Wildman–Crippen MR) is 171 cm³/mol. The molecular formula is C30H32F2N10O2S2. The molecule has 2 atom stereocenters. The number of pyridine rings is 2. The van der Waals surface area contributed by atoms with Crippen LogP contribution in [-0.2, 0) is 22.4 Å². The summed E-state index contributed by atoms with van der Waals surface area (Å²) in [5.74, 6) is -0.122. The van der Waals surface area contributed by atoms with Crippen LogP contribution in [0.5, 0.6) is 0 Å². The van der Waals surface area contributed by atoms with Crippen molar-refractivity contribution in [3.05, 3.63) is 58.1 Å². The smallest absolute Gasteiger partial charge is 0.232 e. The van der Waals surface area contributed by atoms with E-state index in [-0.39, 0.29) is 36.5 Å². The van der Waals surface area contributed by atoms with Gasteiger partial charge in [0, 0.05) is 35.6 Å². The van der Waals surface area contributed by atoms with Crippen LogP contribution in [0.4, 0.5) is 30.4 Å². The Morgan fingerprint density at radius 3 is 1.63 bits per heavy atom. The van der Waals surface area contributed by atoms with Crippen LogP contribution in [0.15, 0.2) is 36.7 Å². The van der Waals surface area contributed by atoms with Crippen molar-refractivity contribution in [2.75, 3.05) is 46.6 Å². The number of hydrogen-bond acceptors (Lipinski definition) is 12. The predicted octanol–water partition coefficient (Wildman–Crippen LogP) is 4.30. The Morgan fingerprint density at radius 1 is 0.739 bits per heavy atom. The van der Waals surface area contributed by atoms with Gasteiger partial charge in [0.05, 0.1) is 50.4 Å². The molecular weight excluding hydrogens is 635 g/mol. The quantitative estimate of drug-likeness (QED) is 0.252. The van der Waals surface area contributed by atoms with Gasteiger partial charge in [0.25, 0.3) is 0 Å². The average molecular weight is 667 g/mol. The molecule has 2 saturated heterocycles. The largest absolute Gasteiger partial charge is 0.365 e. The molecule has 3 fully saturated rings. The maximum atomic E-state index is 13.2. The summed E-state index contributed by atoms with van der Waals surface area (Å²) in [6.45, 7) is 1.44. The fraction of sp³-hybridized carbons (Fsp3) is 0.467. The Morgan fingerprint density at radius 2 is 1.20 bits per heavy atom. The minimum Gasteiger partial charge on any atom is -0.365 e. The maximum Gasteiger partial charge on any atom is 0.232 e. The van der Waals surface area contributed by atoms with Gasteiger partial charge < -0.3 is 20.4 Å². The summed E-state index contributed by atoms with van der Waals surface area (Å²) in [4.78, 5) is 37.8. The monoisotopic (exact) mass is 666 g/mol. The van der Waals surface area contributed by atoms with Crippen LogP contribution in [0, 0.1) is 0 Å². The van der Waals surface area contributed by atoms with Crippen LogP contribution < -0.4 is 20.4 Å². The normalized spacial score (nSPS) is 20.2. The summed E-state index contributed by atoms with van der Waals surface area (Å²) in [5, 5.41) is 25.5. The molecule has 2 aliphatic heterocycles. The molecule has 0 bridgehead atoms. The third-order valence-corrected chi connectivity index (χ3v) is 10.4. The average Bonchev–Trinajstić information content (AvgIpc) is 3.68. The summed E-state index contributed by atoms with van der Waals surface area (Å²) < 4.78 is 26.5. The maximum absolute atomic E-state index is 13.2. The van der Waals surface area contributed by atoms with E-state index in [1.165, 1.54) is 22.7 Å². The number of halogens is 2. The summed E-state index contributed by atoms with van der Waals surface area (Å²) >= 11 is 2.75. The van der Waals surface area contributed by atoms with Gasteiger partial charge in [0.15, 0.2) is 0 Å². The highest BCUT2D eigenvalue weighted by molar-refractivity contribution is 7.15. The first-order valence-corrected chi connectivity index (χ1v) is 16.9. The molecule has 1 saturated carbocycles. The van der Waals surface area contributed by atoms with Crippen LogP contribution in [0.2, 0.25) is 0 Å². The number of nitrogens with one attached hydrogen (secondary N) is 2. The van der Waals surface area contributed by atoms with Crippen molar-refractivity contribution in [3.8, 4) is 0 Å². The number of amides is 2. The van der Waals surface area contributed by atoms with Gasteiger partial charge in [-0.25, -0.2) is 8.78 Å². The Kier molecular flexibility index (Phi) is 8.80.